The van der Waals surface area contributed by atoms with E-state index in [1.807, 2.05) is 31.4 Å². The zero-order valence-electron chi connectivity index (χ0n) is 15.6. The van der Waals surface area contributed by atoms with Crippen LogP contribution in [0, 0.1) is 0 Å². The lowest BCUT2D eigenvalue weighted by Crippen LogP contribution is -2.30. The first-order chi connectivity index (χ1) is 13.0. The van der Waals surface area contributed by atoms with Crippen molar-refractivity contribution in [3.63, 3.8) is 0 Å². The summed E-state index contributed by atoms with van der Waals surface area (Å²) in [6.07, 6.45) is 2.86. The van der Waals surface area contributed by atoms with Gasteiger partial charge in [-0.1, -0.05) is 12.1 Å². The van der Waals surface area contributed by atoms with Crippen molar-refractivity contribution < 1.29 is 23.8 Å². The lowest BCUT2D eigenvalue weighted by molar-refractivity contribution is -0.144. The first-order valence-electron chi connectivity index (χ1n) is 8.52. The summed E-state index contributed by atoms with van der Waals surface area (Å²) in [6.45, 7) is 3.97. The molecule has 0 aliphatic carbocycles. The zero-order valence-corrected chi connectivity index (χ0v) is 16.4. The Hall–Kier alpha value is -2.80. The number of nitrogens with one attached hydrogen (secondary N) is 1. The van der Waals surface area contributed by atoms with Crippen LogP contribution in [0.15, 0.2) is 41.8 Å². The molecule has 27 heavy (non-hydrogen) atoms. The maximum atomic E-state index is 11.9. The molecule has 7 heteroatoms. The topological polar surface area (TPSA) is 73.9 Å². The van der Waals surface area contributed by atoms with Gasteiger partial charge in [0.2, 0.25) is 0 Å². The van der Waals surface area contributed by atoms with E-state index in [-0.39, 0.29) is 18.6 Å². The first kappa shape index (κ1) is 20.5. The predicted molar refractivity (Wildman–Crippen MR) is 105 cm³/mol. The fourth-order valence-electron chi connectivity index (χ4n) is 2.30. The third-order valence-electron chi connectivity index (χ3n) is 3.59. The monoisotopic (exact) mass is 389 g/mol. The molecule has 6 nitrogen and oxygen atoms in total. The second-order valence-corrected chi connectivity index (χ2v) is 6.57. The van der Waals surface area contributed by atoms with Crippen LogP contribution in [0.4, 0.5) is 0 Å². The number of esters is 1. The minimum atomic E-state index is -0.596. The summed E-state index contributed by atoms with van der Waals surface area (Å²) in [6, 6.07) is 9.06. The average Bonchev–Trinajstić information content (AvgIpc) is 3.20. The third-order valence-corrected chi connectivity index (χ3v) is 4.65. The summed E-state index contributed by atoms with van der Waals surface area (Å²) in [5, 5.41) is 4.73. The Balaban J connectivity index is 1.83. The second-order valence-electron chi connectivity index (χ2n) is 5.59. The fourth-order valence-corrected chi connectivity index (χ4v) is 3.04. The number of amides is 1. The molecule has 0 spiro atoms. The van der Waals surface area contributed by atoms with Crippen molar-refractivity contribution in [2.45, 2.75) is 19.9 Å². The largest absolute Gasteiger partial charge is 0.493 e. The van der Waals surface area contributed by atoms with E-state index in [0.29, 0.717) is 18.1 Å². The molecule has 1 atom stereocenters. The molecule has 0 aliphatic heterocycles. The lowest BCUT2D eigenvalue weighted by atomic mass is 10.2. The molecule has 2 aromatic rings. The summed E-state index contributed by atoms with van der Waals surface area (Å²) < 4.78 is 15.7. The zero-order chi connectivity index (χ0) is 19.6. The molecule has 1 aromatic carbocycles. The highest BCUT2D eigenvalue weighted by Gasteiger charge is 2.11. The summed E-state index contributed by atoms with van der Waals surface area (Å²) >= 11 is 1.56. The van der Waals surface area contributed by atoms with Crippen molar-refractivity contribution in [2.24, 2.45) is 0 Å². The Bertz CT molecular complexity index is 786. The Morgan fingerprint density at radius 1 is 1.26 bits per heavy atom. The van der Waals surface area contributed by atoms with Crippen LogP contribution in [0.5, 0.6) is 11.5 Å². The fraction of sp³-hybridized carbons (Fsp3) is 0.300. The number of carbonyl (C=O) groups is 2. The first-order valence-corrected chi connectivity index (χ1v) is 9.40. The molecular formula is C20H23NO5S. The van der Waals surface area contributed by atoms with Crippen LogP contribution < -0.4 is 14.8 Å². The number of benzene rings is 1. The summed E-state index contributed by atoms with van der Waals surface area (Å²) in [5.41, 5.74) is 0.753. The van der Waals surface area contributed by atoms with Gasteiger partial charge >= 0.3 is 5.97 Å². The van der Waals surface area contributed by atoms with Gasteiger partial charge in [-0.25, -0.2) is 4.79 Å². The Morgan fingerprint density at radius 2 is 2.07 bits per heavy atom. The molecule has 0 aliphatic rings. The number of carbonyl (C=O) groups excluding carboxylic acids is 2. The van der Waals surface area contributed by atoms with E-state index in [2.05, 4.69) is 5.32 Å². The number of methoxy groups -OCH3 is 1. The minimum absolute atomic E-state index is 0.122. The standard InChI is InChI=1S/C20H23NO5S/c1-4-25-16-9-7-15(12-17(16)24-3)8-10-20(23)26-13-19(22)21-14(2)18-6-5-11-27-18/h5-12,14H,4,13H2,1-3H3,(H,21,22)/b10-8+/t14-/m1/s1. The van der Waals surface area contributed by atoms with Gasteiger partial charge in [0.15, 0.2) is 18.1 Å². The van der Waals surface area contributed by atoms with E-state index in [1.54, 1.807) is 42.7 Å². The molecule has 1 aromatic heterocycles. The second kappa shape index (κ2) is 10.4. The predicted octanol–water partition coefficient (Wildman–Crippen LogP) is 3.59. The SMILES string of the molecule is CCOc1ccc(/C=C/C(=O)OCC(=O)N[C@H](C)c2cccs2)cc1OC. The van der Waals surface area contributed by atoms with Crippen LogP contribution in [0.1, 0.15) is 30.3 Å². The molecule has 0 saturated carbocycles. The smallest absolute Gasteiger partial charge is 0.331 e. The molecule has 144 valence electrons. The molecule has 0 saturated heterocycles. The number of hydrogen-bond donors (Lipinski definition) is 1. The molecule has 1 heterocycles. The Morgan fingerprint density at radius 3 is 2.74 bits per heavy atom. The maximum Gasteiger partial charge on any atom is 0.331 e. The highest BCUT2D eigenvalue weighted by Crippen LogP contribution is 2.28. The number of rotatable bonds is 9. The van der Waals surface area contributed by atoms with E-state index in [0.717, 1.165) is 10.4 Å². The quantitative estimate of drug-likeness (QED) is 0.524. The van der Waals surface area contributed by atoms with Gasteiger partial charge in [-0.15, -0.1) is 11.3 Å². The molecule has 0 radical (unpaired) electrons. The Labute approximate surface area is 162 Å². The molecule has 1 amide bonds. The molecule has 0 unspecified atom stereocenters. The highest BCUT2D eigenvalue weighted by molar-refractivity contribution is 7.10. The maximum absolute atomic E-state index is 11.9. The van der Waals surface area contributed by atoms with Crippen LogP contribution in [-0.4, -0.2) is 32.2 Å². The van der Waals surface area contributed by atoms with Crippen LogP contribution >= 0.6 is 11.3 Å². The van der Waals surface area contributed by atoms with Gasteiger partial charge in [0.25, 0.3) is 5.91 Å². The lowest BCUT2D eigenvalue weighted by Gasteiger charge is -2.11. The Kier molecular flexibility index (Phi) is 7.88. The van der Waals surface area contributed by atoms with Crippen LogP contribution in [0.25, 0.3) is 6.08 Å². The van der Waals surface area contributed by atoms with Crippen LogP contribution in [0.2, 0.25) is 0 Å². The van der Waals surface area contributed by atoms with Gasteiger partial charge in [-0.3, -0.25) is 4.79 Å². The van der Waals surface area contributed by atoms with E-state index in [9.17, 15) is 9.59 Å². The van der Waals surface area contributed by atoms with E-state index in [1.165, 1.54) is 6.08 Å². The molecule has 2 rings (SSSR count). The normalized spacial score (nSPS) is 11.8. The van der Waals surface area contributed by atoms with E-state index in [4.69, 9.17) is 14.2 Å². The molecule has 1 N–H and O–H groups in total. The molecule has 0 bridgehead atoms. The van der Waals surface area contributed by atoms with Gasteiger partial charge in [-0.2, -0.15) is 0 Å². The van der Waals surface area contributed by atoms with E-state index >= 15 is 0 Å². The van der Waals surface area contributed by atoms with Gasteiger partial charge in [0, 0.05) is 11.0 Å². The van der Waals surface area contributed by atoms with Gasteiger partial charge in [0.05, 0.1) is 19.8 Å². The van der Waals surface area contributed by atoms with Gasteiger partial charge in [0.1, 0.15) is 0 Å². The average molecular weight is 389 g/mol. The van der Waals surface area contributed by atoms with Crippen LogP contribution in [-0.2, 0) is 14.3 Å². The van der Waals surface area contributed by atoms with Gasteiger partial charge in [-0.05, 0) is 49.1 Å². The number of ether oxygens (including phenoxy) is 3. The van der Waals surface area contributed by atoms with Crippen molar-refractivity contribution in [2.75, 3.05) is 20.3 Å². The highest BCUT2D eigenvalue weighted by atomic mass is 32.1. The van der Waals surface area contributed by atoms with Crippen molar-refractivity contribution in [1.29, 1.82) is 0 Å². The van der Waals surface area contributed by atoms with Crippen molar-refractivity contribution in [3.8, 4) is 11.5 Å². The van der Waals surface area contributed by atoms with Crippen molar-refractivity contribution in [1.82, 2.24) is 5.32 Å². The van der Waals surface area contributed by atoms with Crippen molar-refractivity contribution in [3.05, 3.63) is 52.2 Å². The summed E-state index contributed by atoms with van der Waals surface area (Å²) in [7, 11) is 1.55. The minimum Gasteiger partial charge on any atom is -0.493 e. The van der Waals surface area contributed by atoms with E-state index < -0.39 is 5.97 Å². The molecule has 0 fully saturated rings. The summed E-state index contributed by atoms with van der Waals surface area (Å²) in [5.74, 6) is 0.271. The van der Waals surface area contributed by atoms with Gasteiger partial charge < -0.3 is 19.5 Å². The summed E-state index contributed by atoms with van der Waals surface area (Å²) in [4.78, 5) is 24.7. The third kappa shape index (κ3) is 6.45. The number of thiophene rings is 1. The molecular weight excluding hydrogens is 366 g/mol. The van der Waals surface area contributed by atoms with Crippen molar-refractivity contribution >= 4 is 29.3 Å². The van der Waals surface area contributed by atoms with Crippen LogP contribution in [0.3, 0.4) is 0 Å². The number of hydrogen-bond acceptors (Lipinski definition) is 6.